The first-order chi connectivity index (χ1) is 7.87. The second-order valence-corrected chi connectivity index (χ2v) is 6.50. The van der Waals surface area contributed by atoms with E-state index < -0.39 is 11.0 Å². The minimum atomic E-state index is -0.734. The highest BCUT2D eigenvalue weighted by molar-refractivity contribution is 5.75. The third kappa shape index (κ3) is 2.35. The lowest BCUT2D eigenvalue weighted by molar-refractivity contribution is -0.165. The SMILES string of the molecule is CCC(C)(C)C(=O)OCC1(O)CC2CCC1C2. The van der Waals surface area contributed by atoms with Gasteiger partial charge in [-0.3, -0.25) is 4.79 Å². The fraction of sp³-hybridized carbons (Fsp3) is 0.929. The molecule has 0 aromatic carbocycles. The summed E-state index contributed by atoms with van der Waals surface area (Å²) in [7, 11) is 0. The molecule has 2 aliphatic rings. The van der Waals surface area contributed by atoms with Crippen molar-refractivity contribution in [1.29, 1.82) is 0 Å². The van der Waals surface area contributed by atoms with E-state index in [0.29, 0.717) is 11.8 Å². The molecule has 2 fully saturated rings. The second-order valence-electron chi connectivity index (χ2n) is 6.50. The van der Waals surface area contributed by atoms with E-state index in [-0.39, 0.29) is 12.6 Å². The number of carbonyl (C=O) groups is 1. The smallest absolute Gasteiger partial charge is 0.311 e. The number of hydrogen-bond acceptors (Lipinski definition) is 3. The first-order valence-corrected chi connectivity index (χ1v) is 6.77. The van der Waals surface area contributed by atoms with E-state index in [1.165, 1.54) is 6.42 Å². The van der Waals surface area contributed by atoms with Crippen LogP contribution in [0.4, 0.5) is 0 Å². The van der Waals surface area contributed by atoms with E-state index in [1.54, 1.807) is 0 Å². The standard InChI is InChI=1S/C14H24O3/c1-4-13(2,3)12(15)17-9-14(16)8-10-5-6-11(14)7-10/h10-11,16H,4-9H2,1-3H3. The molecular weight excluding hydrogens is 216 g/mol. The van der Waals surface area contributed by atoms with Gasteiger partial charge in [0.25, 0.3) is 0 Å². The Balaban J connectivity index is 1.88. The topological polar surface area (TPSA) is 46.5 Å². The van der Waals surface area contributed by atoms with Crippen LogP contribution < -0.4 is 0 Å². The predicted octanol–water partition coefficient (Wildman–Crippen LogP) is 2.52. The summed E-state index contributed by atoms with van der Waals surface area (Å²) in [6.45, 7) is 5.95. The van der Waals surface area contributed by atoms with E-state index in [0.717, 1.165) is 25.7 Å². The Labute approximate surface area is 104 Å². The number of esters is 1. The van der Waals surface area contributed by atoms with E-state index in [2.05, 4.69) is 0 Å². The van der Waals surface area contributed by atoms with Crippen LogP contribution in [-0.4, -0.2) is 23.3 Å². The first-order valence-electron chi connectivity index (χ1n) is 6.77. The summed E-state index contributed by atoms with van der Waals surface area (Å²) in [4.78, 5) is 11.9. The molecule has 0 amide bonds. The van der Waals surface area contributed by atoms with Gasteiger partial charge in [0, 0.05) is 0 Å². The first kappa shape index (κ1) is 12.9. The van der Waals surface area contributed by atoms with E-state index >= 15 is 0 Å². The number of rotatable bonds is 4. The lowest BCUT2D eigenvalue weighted by atomic mass is 9.84. The third-order valence-corrected chi connectivity index (χ3v) is 4.83. The van der Waals surface area contributed by atoms with Gasteiger partial charge in [0.1, 0.15) is 12.2 Å². The zero-order chi connectivity index (χ0) is 12.7. The highest BCUT2D eigenvalue weighted by Gasteiger charge is 2.50. The molecule has 0 heterocycles. The van der Waals surface area contributed by atoms with Crippen molar-refractivity contribution in [2.75, 3.05) is 6.61 Å². The van der Waals surface area contributed by atoms with Crippen LogP contribution in [0.5, 0.6) is 0 Å². The van der Waals surface area contributed by atoms with Crippen LogP contribution in [0.2, 0.25) is 0 Å². The Morgan fingerprint density at radius 3 is 2.65 bits per heavy atom. The molecule has 3 heteroatoms. The average molecular weight is 240 g/mol. The quantitative estimate of drug-likeness (QED) is 0.768. The maximum Gasteiger partial charge on any atom is 0.311 e. The van der Waals surface area contributed by atoms with Crippen molar-refractivity contribution in [3.05, 3.63) is 0 Å². The van der Waals surface area contributed by atoms with Gasteiger partial charge in [-0.2, -0.15) is 0 Å². The van der Waals surface area contributed by atoms with E-state index in [9.17, 15) is 9.90 Å². The summed E-state index contributed by atoms with van der Waals surface area (Å²) in [6, 6.07) is 0. The summed E-state index contributed by atoms with van der Waals surface area (Å²) in [5, 5.41) is 10.5. The van der Waals surface area contributed by atoms with E-state index in [1.807, 2.05) is 20.8 Å². The van der Waals surface area contributed by atoms with Crippen molar-refractivity contribution in [3.63, 3.8) is 0 Å². The highest BCUT2D eigenvalue weighted by Crippen LogP contribution is 2.50. The number of ether oxygens (including phenoxy) is 1. The molecule has 0 aromatic rings. The molecule has 17 heavy (non-hydrogen) atoms. The molecule has 2 saturated carbocycles. The van der Waals surface area contributed by atoms with Crippen molar-refractivity contribution in [2.45, 2.75) is 58.5 Å². The van der Waals surface area contributed by atoms with Crippen molar-refractivity contribution in [3.8, 4) is 0 Å². The lowest BCUT2D eigenvalue weighted by Gasteiger charge is -2.33. The normalized spacial score (nSPS) is 36.2. The molecule has 0 aliphatic heterocycles. The van der Waals surface area contributed by atoms with Crippen LogP contribution in [-0.2, 0) is 9.53 Å². The van der Waals surface area contributed by atoms with Crippen LogP contribution in [0, 0.1) is 17.3 Å². The van der Waals surface area contributed by atoms with Crippen LogP contribution in [0.3, 0.4) is 0 Å². The van der Waals surface area contributed by atoms with Crippen LogP contribution >= 0.6 is 0 Å². The zero-order valence-electron chi connectivity index (χ0n) is 11.2. The molecule has 2 aliphatic carbocycles. The molecule has 2 rings (SSSR count). The van der Waals surface area contributed by atoms with Crippen molar-refractivity contribution in [1.82, 2.24) is 0 Å². The van der Waals surface area contributed by atoms with Crippen molar-refractivity contribution >= 4 is 5.97 Å². The molecule has 2 bridgehead atoms. The van der Waals surface area contributed by atoms with Crippen molar-refractivity contribution in [2.24, 2.45) is 17.3 Å². The monoisotopic (exact) mass is 240 g/mol. The summed E-state index contributed by atoms with van der Waals surface area (Å²) >= 11 is 0. The minimum absolute atomic E-state index is 0.184. The number of fused-ring (bicyclic) bond motifs is 2. The van der Waals surface area contributed by atoms with Gasteiger partial charge in [-0.05, 0) is 57.8 Å². The minimum Gasteiger partial charge on any atom is -0.462 e. The van der Waals surface area contributed by atoms with Crippen molar-refractivity contribution < 1.29 is 14.6 Å². The molecule has 98 valence electrons. The molecule has 0 radical (unpaired) electrons. The average Bonchev–Trinajstić information content (AvgIpc) is 2.85. The molecule has 3 atom stereocenters. The summed E-state index contributed by atoms with van der Waals surface area (Å²) in [6.07, 6.45) is 5.02. The lowest BCUT2D eigenvalue weighted by Crippen LogP contribution is -2.42. The van der Waals surface area contributed by atoms with E-state index in [4.69, 9.17) is 4.74 Å². The summed E-state index contributed by atoms with van der Waals surface area (Å²) < 4.78 is 5.35. The Kier molecular flexibility index (Phi) is 3.23. The second kappa shape index (κ2) is 4.27. The van der Waals surface area contributed by atoms with Gasteiger partial charge in [0.2, 0.25) is 0 Å². The van der Waals surface area contributed by atoms with Gasteiger partial charge >= 0.3 is 5.97 Å². The summed E-state index contributed by atoms with van der Waals surface area (Å²) in [5.41, 5.74) is -1.17. The number of carbonyl (C=O) groups excluding carboxylic acids is 1. The molecule has 0 spiro atoms. The molecule has 0 aromatic heterocycles. The highest BCUT2D eigenvalue weighted by atomic mass is 16.5. The molecular formula is C14H24O3. The predicted molar refractivity (Wildman–Crippen MR) is 65.4 cm³/mol. The van der Waals surface area contributed by atoms with Gasteiger partial charge in [-0.25, -0.2) is 0 Å². The Morgan fingerprint density at radius 1 is 1.47 bits per heavy atom. The van der Waals surface area contributed by atoms with Gasteiger partial charge in [-0.15, -0.1) is 0 Å². The van der Waals surface area contributed by atoms with Crippen LogP contribution in [0.25, 0.3) is 0 Å². The fourth-order valence-electron chi connectivity index (χ4n) is 3.12. The maximum absolute atomic E-state index is 11.9. The van der Waals surface area contributed by atoms with Gasteiger partial charge in [0.15, 0.2) is 0 Å². The molecule has 1 N–H and O–H groups in total. The molecule has 0 saturated heterocycles. The number of aliphatic hydroxyl groups is 1. The van der Waals surface area contributed by atoms with Crippen LogP contribution in [0.1, 0.15) is 52.9 Å². The Hall–Kier alpha value is -0.570. The maximum atomic E-state index is 11.9. The molecule has 3 nitrogen and oxygen atoms in total. The van der Waals surface area contributed by atoms with Crippen LogP contribution in [0.15, 0.2) is 0 Å². The zero-order valence-corrected chi connectivity index (χ0v) is 11.2. The van der Waals surface area contributed by atoms with Gasteiger partial charge < -0.3 is 9.84 Å². The fourth-order valence-corrected chi connectivity index (χ4v) is 3.12. The molecule has 3 unspecified atom stereocenters. The Bertz CT molecular complexity index is 311. The number of hydrogen-bond donors (Lipinski definition) is 1. The van der Waals surface area contributed by atoms with Gasteiger partial charge in [0.05, 0.1) is 5.41 Å². The summed E-state index contributed by atoms with van der Waals surface area (Å²) in [5.74, 6) is 0.823. The van der Waals surface area contributed by atoms with Gasteiger partial charge in [-0.1, -0.05) is 6.92 Å². The third-order valence-electron chi connectivity index (χ3n) is 4.83. The Morgan fingerprint density at radius 2 is 2.18 bits per heavy atom. The largest absolute Gasteiger partial charge is 0.462 e.